The van der Waals surface area contributed by atoms with Crippen LogP contribution in [0.3, 0.4) is 0 Å². The number of hydrogen-bond donors (Lipinski definition) is 1. The summed E-state index contributed by atoms with van der Waals surface area (Å²) in [7, 11) is 0. The van der Waals surface area contributed by atoms with Crippen molar-refractivity contribution >= 4 is 11.2 Å². The summed E-state index contributed by atoms with van der Waals surface area (Å²) >= 11 is 0. The Morgan fingerprint density at radius 3 is 2.77 bits per heavy atom. The van der Waals surface area contributed by atoms with Crippen LogP contribution >= 0.6 is 0 Å². The number of nitrogens with zero attached hydrogens (tertiary/aromatic N) is 4. The van der Waals surface area contributed by atoms with Gasteiger partial charge >= 0.3 is 0 Å². The minimum Gasteiger partial charge on any atom is -0.382 e. The molecule has 4 rings (SSSR count). The molecule has 3 aromatic heterocycles. The summed E-state index contributed by atoms with van der Waals surface area (Å²) in [5, 5.41) is 16.6. The third-order valence-electron chi connectivity index (χ3n) is 4.74. The van der Waals surface area contributed by atoms with E-state index in [0.29, 0.717) is 18.4 Å². The smallest absolute Gasteiger partial charge is 0.248 e. The Morgan fingerprint density at radius 2 is 2.00 bits per heavy atom. The second-order valence-electron chi connectivity index (χ2n) is 6.62. The quantitative estimate of drug-likeness (QED) is 0.764. The molecule has 3 aromatic rings. The van der Waals surface area contributed by atoms with E-state index in [9.17, 15) is 8.78 Å². The summed E-state index contributed by atoms with van der Waals surface area (Å²) in [6, 6.07) is 11.4. The Kier molecular flexibility index (Phi) is 4.03. The van der Waals surface area contributed by atoms with Crippen LogP contribution in [0.25, 0.3) is 16.9 Å². The first-order chi connectivity index (χ1) is 12.5. The summed E-state index contributed by atoms with van der Waals surface area (Å²) in [6.45, 7) is 0. The van der Waals surface area contributed by atoms with E-state index >= 15 is 0 Å². The van der Waals surface area contributed by atoms with Gasteiger partial charge in [-0.2, -0.15) is 10.4 Å². The van der Waals surface area contributed by atoms with Gasteiger partial charge in [0.05, 0.1) is 28.7 Å². The molecular formula is C19H17F2N5. The van der Waals surface area contributed by atoms with Crippen molar-refractivity contribution in [2.24, 2.45) is 0 Å². The zero-order valence-electron chi connectivity index (χ0n) is 14.0. The fourth-order valence-electron chi connectivity index (χ4n) is 3.33. The molecule has 132 valence electrons. The first-order valence-corrected chi connectivity index (χ1v) is 8.53. The molecule has 5 nitrogen and oxygen atoms in total. The van der Waals surface area contributed by atoms with E-state index in [2.05, 4.69) is 21.5 Å². The molecule has 0 atom stereocenters. The van der Waals surface area contributed by atoms with Crippen molar-refractivity contribution in [3.8, 4) is 17.5 Å². The van der Waals surface area contributed by atoms with Gasteiger partial charge in [0, 0.05) is 30.8 Å². The minimum atomic E-state index is -2.53. The van der Waals surface area contributed by atoms with Gasteiger partial charge in [-0.15, -0.1) is 0 Å². The number of nitrogens with one attached hydrogen (secondary N) is 1. The van der Waals surface area contributed by atoms with Crippen molar-refractivity contribution in [2.75, 3.05) is 5.32 Å². The monoisotopic (exact) mass is 353 g/mol. The van der Waals surface area contributed by atoms with Gasteiger partial charge in [-0.3, -0.25) is 4.98 Å². The predicted octanol–water partition coefficient (Wildman–Crippen LogP) is 4.26. The molecule has 1 N–H and O–H groups in total. The highest BCUT2D eigenvalue weighted by atomic mass is 19.3. The molecule has 0 aromatic carbocycles. The number of aromatic nitrogens is 3. The van der Waals surface area contributed by atoms with E-state index in [1.807, 2.05) is 24.3 Å². The van der Waals surface area contributed by atoms with Crippen molar-refractivity contribution < 1.29 is 8.78 Å². The van der Waals surface area contributed by atoms with Crippen molar-refractivity contribution in [1.82, 2.24) is 14.6 Å². The van der Waals surface area contributed by atoms with Crippen LogP contribution in [0, 0.1) is 11.3 Å². The minimum absolute atomic E-state index is 0.0465. The Bertz CT molecular complexity index is 979. The molecule has 1 aliphatic carbocycles. The van der Waals surface area contributed by atoms with Crippen molar-refractivity contribution in [1.29, 1.82) is 5.26 Å². The van der Waals surface area contributed by atoms with Crippen LogP contribution < -0.4 is 5.32 Å². The van der Waals surface area contributed by atoms with Crippen molar-refractivity contribution in [2.45, 2.75) is 37.6 Å². The zero-order chi connectivity index (χ0) is 18.1. The summed E-state index contributed by atoms with van der Waals surface area (Å²) in [5.74, 6) is -2.53. The standard InChI is InChI=1S/C19H17F2N5/c20-19(21)6-3-14(4-7-19)25-15-5-8-23-17(10-15)18-2-1-16-9-13(11-22)12-24-26(16)18/h1-2,5,8-10,12,14H,3-4,6-7H2,(H,23,25). The Hall–Kier alpha value is -3.01. The second kappa shape index (κ2) is 6.37. The lowest BCUT2D eigenvalue weighted by atomic mass is 9.92. The topological polar surface area (TPSA) is 66.0 Å². The number of fused-ring (bicyclic) bond motifs is 1. The Labute approximate surface area is 149 Å². The lowest BCUT2D eigenvalue weighted by molar-refractivity contribution is -0.0360. The molecule has 0 bridgehead atoms. The molecular weight excluding hydrogens is 336 g/mol. The molecule has 0 radical (unpaired) electrons. The largest absolute Gasteiger partial charge is 0.382 e. The van der Waals surface area contributed by atoms with Crippen LogP contribution in [-0.4, -0.2) is 26.6 Å². The molecule has 3 heterocycles. The first-order valence-electron chi connectivity index (χ1n) is 8.53. The fourth-order valence-corrected chi connectivity index (χ4v) is 3.33. The van der Waals surface area contributed by atoms with Crippen LogP contribution in [0.1, 0.15) is 31.2 Å². The summed E-state index contributed by atoms with van der Waals surface area (Å²) < 4.78 is 28.3. The van der Waals surface area contributed by atoms with E-state index in [1.54, 1.807) is 16.8 Å². The maximum absolute atomic E-state index is 13.3. The highest BCUT2D eigenvalue weighted by Crippen LogP contribution is 2.34. The molecule has 0 aliphatic heterocycles. The Morgan fingerprint density at radius 1 is 1.19 bits per heavy atom. The normalized spacial score (nSPS) is 17.1. The van der Waals surface area contributed by atoms with Gasteiger partial charge in [-0.25, -0.2) is 13.3 Å². The summed E-state index contributed by atoms with van der Waals surface area (Å²) in [4.78, 5) is 4.40. The van der Waals surface area contributed by atoms with Gasteiger partial charge in [0.15, 0.2) is 0 Å². The zero-order valence-corrected chi connectivity index (χ0v) is 14.0. The average Bonchev–Trinajstić information content (AvgIpc) is 3.07. The maximum Gasteiger partial charge on any atom is 0.248 e. The SMILES string of the molecule is N#Cc1cnn2c(-c3cc(NC4CCC(F)(F)CC4)ccn3)ccc2c1. The van der Waals surface area contributed by atoms with E-state index in [1.165, 1.54) is 6.20 Å². The number of rotatable bonds is 3. The van der Waals surface area contributed by atoms with E-state index < -0.39 is 5.92 Å². The molecule has 26 heavy (non-hydrogen) atoms. The van der Waals surface area contributed by atoms with Gasteiger partial charge in [0.25, 0.3) is 0 Å². The number of hydrogen-bond acceptors (Lipinski definition) is 4. The molecule has 1 saturated carbocycles. The molecule has 1 fully saturated rings. The number of anilines is 1. The lowest BCUT2D eigenvalue weighted by Gasteiger charge is -2.29. The first kappa shape index (κ1) is 16.5. The maximum atomic E-state index is 13.3. The summed E-state index contributed by atoms with van der Waals surface area (Å²) in [6.07, 6.45) is 3.97. The van der Waals surface area contributed by atoms with E-state index in [-0.39, 0.29) is 18.9 Å². The fraction of sp³-hybridized carbons (Fsp3) is 0.316. The molecule has 0 spiro atoms. The average molecular weight is 353 g/mol. The van der Waals surface area contributed by atoms with E-state index in [0.717, 1.165) is 22.6 Å². The molecule has 0 amide bonds. The third kappa shape index (κ3) is 3.23. The van der Waals surface area contributed by atoms with Gasteiger partial charge in [-0.05, 0) is 43.2 Å². The van der Waals surface area contributed by atoms with Gasteiger partial charge in [0.2, 0.25) is 5.92 Å². The molecule has 7 heteroatoms. The predicted molar refractivity (Wildman–Crippen MR) is 94.0 cm³/mol. The molecule has 0 unspecified atom stereocenters. The second-order valence-corrected chi connectivity index (χ2v) is 6.62. The molecule has 1 aliphatic rings. The van der Waals surface area contributed by atoms with Gasteiger partial charge < -0.3 is 5.32 Å². The highest BCUT2D eigenvalue weighted by Gasteiger charge is 2.34. The van der Waals surface area contributed by atoms with Gasteiger partial charge in [-0.1, -0.05) is 0 Å². The lowest BCUT2D eigenvalue weighted by Crippen LogP contribution is -2.32. The number of nitriles is 1. The highest BCUT2D eigenvalue weighted by molar-refractivity contribution is 5.67. The Balaban J connectivity index is 1.58. The van der Waals surface area contributed by atoms with Crippen LogP contribution in [0.15, 0.2) is 42.7 Å². The third-order valence-corrected chi connectivity index (χ3v) is 4.74. The van der Waals surface area contributed by atoms with Crippen molar-refractivity contribution in [3.63, 3.8) is 0 Å². The number of alkyl halides is 2. The van der Waals surface area contributed by atoms with Crippen LogP contribution in [0.4, 0.5) is 14.5 Å². The van der Waals surface area contributed by atoms with Crippen LogP contribution in [0.5, 0.6) is 0 Å². The van der Waals surface area contributed by atoms with Crippen molar-refractivity contribution in [3.05, 3.63) is 48.3 Å². The van der Waals surface area contributed by atoms with Crippen LogP contribution in [-0.2, 0) is 0 Å². The van der Waals surface area contributed by atoms with Crippen LogP contribution in [0.2, 0.25) is 0 Å². The number of halogens is 2. The molecule has 0 saturated heterocycles. The van der Waals surface area contributed by atoms with E-state index in [4.69, 9.17) is 5.26 Å². The van der Waals surface area contributed by atoms with Gasteiger partial charge in [0.1, 0.15) is 6.07 Å². The number of pyridine rings is 1. The summed E-state index contributed by atoms with van der Waals surface area (Å²) in [5.41, 5.74) is 3.71.